The molecule has 29 heavy (non-hydrogen) atoms. The van der Waals surface area contributed by atoms with Gasteiger partial charge in [-0.15, -0.1) is 0 Å². The van der Waals surface area contributed by atoms with Gasteiger partial charge < -0.3 is 14.4 Å². The van der Waals surface area contributed by atoms with Gasteiger partial charge in [0.1, 0.15) is 18.9 Å². The van der Waals surface area contributed by atoms with E-state index in [0.29, 0.717) is 4.68 Å². The normalized spacial score (nSPS) is 17.6. The number of halogens is 5. The Morgan fingerprint density at radius 3 is 2.79 bits per heavy atom. The summed E-state index contributed by atoms with van der Waals surface area (Å²) in [5, 5.41) is 14.8. The van der Waals surface area contributed by atoms with E-state index in [1.165, 1.54) is 6.07 Å². The molecule has 1 fully saturated rings. The molecule has 0 unspecified atom stereocenters. The number of hydrogen-bond donors (Lipinski definition) is 0. The number of benzene rings is 1. The van der Waals surface area contributed by atoms with E-state index in [1.807, 2.05) is 0 Å². The fraction of sp³-hybridized carbons (Fsp3) is 0.467. The second kappa shape index (κ2) is 8.14. The zero-order valence-corrected chi connectivity index (χ0v) is 14.6. The van der Waals surface area contributed by atoms with E-state index in [-0.39, 0.29) is 31.3 Å². The SMILES string of the molecule is O=[N+]([O-])c1ccc(N2CCOC[C@@H]2c2ncn(CC(F)(F)F)n2)cc1OC(F)F. The Balaban J connectivity index is 1.91. The maximum absolute atomic E-state index is 12.6. The second-order valence-electron chi connectivity index (χ2n) is 5.99. The number of nitrogens with zero attached hydrogens (tertiary/aromatic N) is 5. The van der Waals surface area contributed by atoms with Crippen LogP contribution >= 0.6 is 0 Å². The summed E-state index contributed by atoms with van der Waals surface area (Å²) in [7, 11) is 0. The molecule has 2 aromatic rings. The number of rotatable bonds is 6. The number of alkyl halides is 5. The summed E-state index contributed by atoms with van der Waals surface area (Å²) in [6.07, 6.45) is -3.55. The lowest BCUT2D eigenvalue weighted by atomic mass is 10.1. The zero-order valence-electron chi connectivity index (χ0n) is 14.6. The molecule has 0 radical (unpaired) electrons. The van der Waals surface area contributed by atoms with E-state index in [9.17, 15) is 32.1 Å². The molecule has 1 aromatic heterocycles. The molecule has 1 aliphatic rings. The predicted octanol–water partition coefficient (Wildman–Crippen LogP) is 2.93. The Morgan fingerprint density at radius 2 is 2.14 bits per heavy atom. The molecule has 0 N–H and O–H groups in total. The molecule has 0 bridgehead atoms. The van der Waals surface area contributed by atoms with Crippen LogP contribution in [0.15, 0.2) is 24.5 Å². The van der Waals surface area contributed by atoms with Crippen molar-refractivity contribution in [3.8, 4) is 5.75 Å². The Hall–Kier alpha value is -3.03. The average molecular weight is 423 g/mol. The van der Waals surface area contributed by atoms with Gasteiger partial charge in [0.25, 0.3) is 0 Å². The van der Waals surface area contributed by atoms with Crippen molar-refractivity contribution in [2.45, 2.75) is 25.4 Å². The first-order valence-electron chi connectivity index (χ1n) is 8.18. The van der Waals surface area contributed by atoms with Crippen LogP contribution in [-0.2, 0) is 11.3 Å². The molecule has 1 atom stereocenters. The third-order valence-electron chi connectivity index (χ3n) is 4.01. The van der Waals surface area contributed by atoms with Crippen molar-refractivity contribution in [2.75, 3.05) is 24.7 Å². The van der Waals surface area contributed by atoms with Crippen LogP contribution in [0.2, 0.25) is 0 Å². The first-order valence-corrected chi connectivity index (χ1v) is 8.18. The Kier molecular flexibility index (Phi) is 5.81. The lowest BCUT2D eigenvalue weighted by Gasteiger charge is -2.35. The standard InChI is InChI=1S/C15H14F5N5O4/c16-14(17)29-12-5-9(1-2-10(12)25(26)27)24-3-4-28-6-11(24)13-21-8-23(22-13)7-15(18,19)20/h1-2,5,8,11,14H,3-4,6-7H2/t11-/m1/s1. The number of hydrogen-bond acceptors (Lipinski definition) is 7. The summed E-state index contributed by atoms with van der Waals surface area (Å²) in [4.78, 5) is 15.6. The molecule has 3 rings (SSSR count). The Labute approximate surface area is 159 Å². The summed E-state index contributed by atoms with van der Waals surface area (Å²) in [5.41, 5.74) is -0.377. The van der Waals surface area contributed by atoms with E-state index in [1.54, 1.807) is 4.90 Å². The van der Waals surface area contributed by atoms with Gasteiger partial charge in [-0.05, 0) is 6.07 Å². The molecule has 0 amide bonds. The minimum absolute atomic E-state index is 0.0258. The topological polar surface area (TPSA) is 95.6 Å². The molecule has 158 valence electrons. The third kappa shape index (κ3) is 5.07. The summed E-state index contributed by atoms with van der Waals surface area (Å²) >= 11 is 0. The second-order valence-corrected chi connectivity index (χ2v) is 5.99. The molecule has 0 saturated carbocycles. The molecular formula is C15H14F5N5O4. The van der Waals surface area contributed by atoms with Gasteiger partial charge >= 0.3 is 18.5 Å². The summed E-state index contributed by atoms with van der Waals surface area (Å²) in [6.45, 7) is -4.11. The van der Waals surface area contributed by atoms with E-state index >= 15 is 0 Å². The van der Waals surface area contributed by atoms with Gasteiger partial charge in [-0.1, -0.05) is 0 Å². The fourth-order valence-electron chi connectivity index (χ4n) is 2.87. The van der Waals surface area contributed by atoms with Gasteiger partial charge in [-0.25, -0.2) is 9.67 Å². The monoisotopic (exact) mass is 423 g/mol. The van der Waals surface area contributed by atoms with Crippen molar-refractivity contribution >= 4 is 11.4 Å². The Morgan fingerprint density at radius 1 is 1.38 bits per heavy atom. The molecule has 9 nitrogen and oxygen atoms in total. The van der Waals surface area contributed by atoms with Crippen LogP contribution in [-0.4, -0.2) is 52.2 Å². The quantitative estimate of drug-likeness (QED) is 0.401. The number of anilines is 1. The van der Waals surface area contributed by atoms with Crippen LogP contribution < -0.4 is 9.64 Å². The van der Waals surface area contributed by atoms with Crippen LogP contribution in [0, 0.1) is 10.1 Å². The largest absolute Gasteiger partial charge is 0.427 e. The zero-order chi connectivity index (χ0) is 21.2. The number of nitro benzene ring substituents is 1. The van der Waals surface area contributed by atoms with E-state index in [2.05, 4.69) is 14.8 Å². The lowest BCUT2D eigenvalue weighted by molar-refractivity contribution is -0.386. The fourth-order valence-corrected chi connectivity index (χ4v) is 2.87. The van der Waals surface area contributed by atoms with Crippen molar-refractivity contribution in [1.29, 1.82) is 0 Å². The van der Waals surface area contributed by atoms with Crippen LogP contribution in [0.5, 0.6) is 5.75 Å². The average Bonchev–Trinajstić information content (AvgIpc) is 3.07. The summed E-state index contributed by atoms with van der Waals surface area (Å²) in [5.74, 6) is -0.605. The van der Waals surface area contributed by atoms with Crippen LogP contribution in [0.3, 0.4) is 0 Å². The van der Waals surface area contributed by atoms with E-state index in [4.69, 9.17) is 4.74 Å². The molecule has 1 saturated heterocycles. The highest BCUT2D eigenvalue weighted by Gasteiger charge is 2.32. The van der Waals surface area contributed by atoms with Crippen LogP contribution in [0.4, 0.5) is 33.3 Å². The van der Waals surface area contributed by atoms with E-state index < -0.39 is 41.7 Å². The van der Waals surface area contributed by atoms with Crippen molar-refractivity contribution in [2.24, 2.45) is 0 Å². The first kappa shape index (κ1) is 20.7. The van der Waals surface area contributed by atoms with Crippen molar-refractivity contribution in [3.63, 3.8) is 0 Å². The highest BCUT2D eigenvalue weighted by molar-refractivity contribution is 5.60. The van der Waals surface area contributed by atoms with Crippen molar-refractivity contribution in [1.82, 2.24) is 14.8 Å². The van der Waals surface area contributed by atoms with Gasteiger partial charge in [0.2, 0.25) is 5.75 Å². The van der Waals surface area contributed by atoms with E-state index in [0.717, 1.165) is 18.5 Å². The highest BCUT2D eigenvalue weighted by Crippen LogP contribution is 2.36. The van der Waals surface area contributed by atoms with Crippen molar-refractivity contribution < 1.29 is 36.3 Å². The van der Waals surface area contributed by atoms with Gasteiger partial charge in [0, 0.05) is 24.4 Å². The number of aromatic nitrogens is 3. The number of nitro groups is 1. The number of ether oxygens (including phenoxy) is 2. The van der Waals surface area contributed by atoms with Gasteiger partial charge in [-0.2, -0.15) is 27.1 Å². The van der Waals surface area contributed by atoms with Crippen LogP contribution in [0.1, 0.15) is 11.9 Å². The maximum atomic E-state index is 12.6. The lowest BCUT2D eigenvalue weighted by Crippen LogP contribution is -2.40. The summed E-state index contributed by atoms with van der Waals surface area (Å²) < 4.78 is 73.1. The predicted molar refractivity (Wildman–Crippen MR) is 86.7 cm³/mol. The number of morpholine rings is 1. The molecule has 0 spiro atoms. The first-order chi connectivity index (χ1) is 13.6. The van der Waals surface area contributed by atoms with Gasteiger partial charge in [0.15, 0.2) is 5.82 Å². The minimum Gasteiger partial charge on any atom is -0.427 e. The molecule has 2 heterocycles. The molecular weight excluding hydrogens is 409 g/mol. The van der Waals surface area contributed by atoms with Gasteiger partial charge in [-0.3, -0.25) is 10.1 Å². The summed E-state index contributed by atoms with van der Waals surface area (Å²) in [6, 6.07) is 2.67. The molecule has 1 aromatic carbocycles. The molecule has 0 aliphatic carbocycles. The maximum Gasteiger partial charge on any atom is 0.408 e. The van der Waals surface area contributed by atoms with Crippen LogP contribution in [0.25, 0.3) is 0 Å². The Bertz CT molecular complexity index is 875. The molecule has 14 heteroatoms. The van der Waals surface area contributed by atoms with Gasteiger partial charge in [0.05, 0.1) is 18.1 Å². The van der Waals surface area contributed by atoms with Crippen molar-refractivity contribution in [3.05, 3.63) is 40.5 Å². The third-order valence-corrected chi connectivity index (χ3v) is 4.01. The molecule has 1 aliphatic heterocycles. The smallest absolute Gasteiger partial charge is 0.408 e. The minimum atomic E-state index is -4.48. The highest BCUT2D eigenvalue weighted by atomic mass is 19.4.